The Bertz CT molecular complexity index is 7380. The molecule has 0 fully saturated rings. The molecule has 0 aliphatic carbocycles. The molecule has 690 valence electrons. The third kappa shape index (κ3) is 32.9. The van der Waals surface area contributed by atoms with Crippen molar-refractivity contribution in [1.29, 1.82) is 0 Å². The standard InChI is InChI=1S/2C19H16N.C18H14N.C17H12N.4C13H12N.4Ir/c2*1-2-15-11-12-20-19(13-15)18-10-6-9-17(14-18)16-7-4-3-5-8-16;1-14-10-11-19-18(12-14)17-9-5-8-16(13-17)15-6-3-2-4-7-15;1-2-6-14(7-3-1)15-9-11-16(12-10-15)17-8-4-5-13-18-17;4*1-10-8-13(14-9-11(10)2)12-6-4-3-5-7-12;;;;/h2*3-9,11-14H,2H2,1H3;2-8,10-13H,1H3;1-11,13H;4*3-6,8-9H,1-2H3;;;;/q8*-1;;;;/i1D3,2D2;;1D3;;4*2D3;;;;. The van der Waals surface area contributed by atoms with Gasteiger partial charge in [0.1, 0.15) is 0 Å². The van der Waals surface area contributed by atoms with E-state index in [1.54, 1.807) is 70.3 Å². The average molecular weight is 2510 g/mol. The molecule has 12 aromatic carbocycles. The first-order valence-corrected chi connectivity index (χ1v) is 42.9. The van der Waals surface area contributed by atoms with Gasteiger partial charge in [0.05, 0.1) is 0 Å². The van der Waals surface area contributed by atoms with E-state index in [1.165, 1.54) is 83.2 Å². The van der Waals surface area contributed by atoms with E-state index in [0.717, 1.165) is 124 Å². The number of benzene rings is 12. The number of hydrogen-bond acceptors (Lipinski definition) is 8. The summed E-state index contributed by atoms with van der Waals surface area (Å²) in [5.74, 6) is 0. The SMILES string of the molecule is CCc1ccnc(-c2[c-]ccc(-c3ccccc3)c2)c1.[2H]C([2H])([2H])C([2H])([2H])c1ccnc(-c2[c-]ccc(-c3ccccc3)c2)c1.[2H]C([2H])([2H])c1ccnc(-c2[c-]ccc(-c3ccccc3)c2)c1.[2H]C([2H])([2H])c1cnc(-c2[c-]cccc2)cc1C.[2H]C([2H])([2H])c1cnc(-c2[c-]cccc2)cc1C.[2H]C([2H])([2H])c1cnc(-c2[c-]cccc2)cc1C.[2H]C([2H])([2H])c1cnc(-c2[c-]cccc2)cc1C.[Ir].[Ir].[Ir].[Ir].[c-]1cc(-c2ccccc2)ccc1-c1ccccn1. The zero-order valence-electron chi connectivity index (χ0n) is 95.5. The molecule has 20 aromatic rings. The first-order chi connectivity index (χ1) is 73.1. The van der Waals surface area contributed by atoms with Crippen LogP contribution in [0, 0.1) is 110 Å². The normalized spacial score (nSPS) is 12.8. The van der Waals surface area contributed by atoms with Gasteiger partial charge < -0.3 is 39.9 Å². The summed E-state index contributed by atoms with van der Waals surface area (Å²) in [6, 6.07) is 143. The van der Waals surface area contributed by atoms with E-state index in [9.17, 15) is 0 Å². The van der Waals surface area contributed by atoms with Crippen molar-refractivity contribution in [3.63, 3.8) is 0 Å². The van der Waals surface area contributed by atoms with Crippen molar-refractivity contribution in [2.45, 2.75) is 88.5 Å². The number of pyridine rings is 8. The molecule has 0 N–H and O–H groups in total. The minimum Gasteiger partial charge on any atom is -0.305 e. The second kappa shape index (κ2) is 56.7. The van der Waals surface area contributed by atoms with Gasteiger partial charge >= 0.3 is 0 Å². The van der Waals surface area contributed by atoms with E-state index < -0.39 is 47.5 Å². The van der Waals surface area contributed by atoms with Crippen molar-refractivity contribution in [2.24, 2.45) is 0 Å². The number of nitrogens with zero attached hydrogens (tertiary/aromatic N) is 8. The van der Waals surface area contributed by atoms with Crippen LogP contribution in [-0.4, -0.2) is 39.9 Å². The van der Waals surface area contributed by atoms with Gasteiger partial charge in [0, 0.05) is 157 Å². The molecule has 0 aliphatic rings. The number of hydrogen-bond donors (Lipinski definition) is 0. The zero-order valence-corrected chi connectivity index (χ0v) is 85.0. The van der Waals surface area contributed by atoms with Crippen LogP contribution in [0.25, 0.3) is 135 Å². The molecule has 8 heterocycles. The summed E-state index contributed by atoms with van der Waals surface area (Å²) in [6.07, 6.45) is 10.9. The van der Waals surface area contributed by atoms with E-state index in [1.807, 2.05) is 249 Å². The average Bonchev–Trinajstić information content (AvgIpc) is 0.783. The minimum atomic E-state index is -2.75. The van der Waals surface area contributed by atoms with Crippen LogP contribution in [-0.2, 0) is 93.2 Å². The second-order valence-electron chi connectivity index (χ2n) is 30.2. The fourth-order valence-corrected chi connectivity index (χ4v) is 13.3. The fraction of sp³-hybridized carbons (Fsp3) is 0.104. The van der Waals surface area contributed by atoms with Crippen LogP contribution in [0.1, 0.15) is 102 Å². The maximum Gasteiger partial charge on any atom is 0.0313 e. The van der Waals surface area contributed by atoms with Crippen molar-refractivity contribution >= 4 is 0 Å². The smallest absolute Gasteiger partial charge is 0.0313 e. The Morgan fingerprint density at radius 2 is 0.540 bits per heavy atom. The second-order valence-corrected chi connectivity index (χ2v) is 30.2. The van der Waals surface area contributed by atoms with Gasteiger partial charge in [-0.2, -0.15) is 0 Å². The topological polar surface area (TPSA) is 103 Å². The van der Waals surface area contributed by atoms with E-state index in [0.29, 0.717) is 39.2 Å². The molecule has 4 radical (unpaired) electrons. The first-order valence-electron chi connectivity index (χ1n) is 52.9. The zero-order chi connectivity index (χ0) is 110. The van der Waals surface area contributed by atoms with Crippen LogP contribution in [0.5, 0.6) is 0 Å². The maximum atomic E-state index is 7.92. The quantitative estimate of drug-likeness (QED) is 0.0992. The van der Waals surface area contributed by atoms with Gasteiger partial charge in [-0.3, -0.25) is 0 Å². The van der Waals surface area contributed by atoms with Crippen LogP contribution in [0.3, 0.4) is 0 Å². The molecular weight excluding hydrogens is 2380 g/mol. The summed E-state index contributed by atoms with van der Waals surface area (Å²) in [4.78, 5) is 34.1. The Morgan fingerprint density at radius 3 is 0.854 bits per heavy atom. The van der Waals surface area contributed by atoms with Gasteiger partial charge in [0.2, 0.25) is 0 Å². The van der Waals surface area contributed by atoms with Crippen molar-refractivity contribution in [2.75, 3.05) is 0 Å². The van der Waals surface area contributed by atoms with Gasteiger partial charge in [-0.1, -0.05) is 240 Å². The number of aromatic nitrogens is 8. The minimum absolute atomic E-state index is 0. The van der Waals surface area contributed by atoms with E-state index in [4.69, 9.17) is 27.4 Å². The van der Waals surface area contributed by atoms with E-state index >= 15 is 0 Å². The fourth-order valence-electron chi connectivity index (χ4n) is 13.3. The van der Waals surface area contributed by atoms with Gasteiger partial charge in [0.25, 0.3) is 0 Å². The Hall–Kier alpha value is -13.6. The van der Waals surface area contributed by atoms with Crippen LogP contribution in [0.4, 0.5) is 0 Å². The Balaban J connectivity index is 0.000000198. The molecule has 0 unspecified atom stereocenters. The summed E-state index contributed by atoms with van der Waals surface area (Å²) >= 11 is 0. The van der Waals surface area contributed by atoms with Gasteiger partial charge in [0.15, 0.2) is 0 Å². The van der Waals surface area contributed by atoms with Crippen LogP contribution < -0.4 is 0 Å². The summed E-state index contributed by atoms with van der Waals surface area (Å²) in [5.41, 5.74) is 27.8. The van der Waals surface area contributed by atoms with Crippen LogP contribution in [0.15, 0.2) is 420 Å². The van der Waals surface area contributed by atoms with Gasteiger partial charge in [-0.25, -0.2) is 0 Å². The molecule has 137 heavy (non-hydrogen) atoms. The molecule has 0 saturated heterocycles. The monoisotopic (exact) mass is 2510 g/mol. The van der Waals surface area contributed by atoms with Crippen molar-refractivity contribution in [3.8, 4) is 135 Å². The number of rotatable bonds is 14. The molecule has 0 aliphatic heterocycles. The Labute approximate surface area is 893 Å². The predicted octanol–water partition coefficient (Wildman–Crippen LogP) is 30.9. The molecule has 0 saturated carbocycles. The van der Waals surface area contributed by atoms with Gasteiger partial charge in [-0.05, 0) is 184 Å². The molecule has 8 nitrogen and oxygen atoms in total. The largest absolute Gasteiger partial charge is 0.305 e. The molecule has 0 spiro atoms. The molecule has 0 amide bonds. The molecule has 0 bridgehead atoms. The van der Waals surface area contributed by atoms with Crippen molar-refractivity contribution in [1.82, 2.24) is 39.9 Å². The summed E-state index contributed by atoms with van der Waals surface area (Å²) in [5, 5.41) is 0. The molecular formula is C125H106Ir4N8-8. The molecule has 8 aromatic heterocycles. The third-order valence-electron chi connectivity index (χ3n) is 20.7. The summed E-state index contributed by atoms with van der Waals surface area (Å²) < 4.78 is 149. The van der Waals surface area contributed by atoms with Crippen molar-refractivity contribution in [3.05, 3.63) is 529 Å². The third-order valence-corrected chi connectivity index (χ3v) is 20.7. The summed E-state index contributed by atoms with van der Waals surface area (Å²) in [7, 11) is 0. The predicted molar refractivity (Wildman–Crippen MR) is 551 cm³/mol. The van der Waals surface area contributed by atoms with Crippen LogP contribution in [0.2, 0.25) is 0 Å². The summed E-state index contributed by atoms with van der Waals surface area (Å²) in [6.45, 7) is -3.98. The van der Waals surface area contributed by atoms with Gasteiger partial charge in [-0.15, -0.1) is 280 Å². The Kier molecular flexibility index (Phi) is 33.4. The Morgan fingerprint density at radius 1 is 0.226 bits per heavy atom. The first kappa shape index (κ1) is 80.7. The molecule has 12 heteroatoms. The molecule has 0 atom stereocenters. The maximum absolute atomic E-state index is 7.92. The van der Waals surface area contributed by atoms with Crippen LogP contribution >= 0.6 is 0 Å². The number of aryl methyl sites for hydroxylation is 11. The molecule has 20 rings (SSSR count). The van der Waals surface area contributed by atoms with E-state index in [-0.39, 0.29) is 91.5 Å². The van der Waals surface area contributed by atoms with E-state index in [2.05, 4.69) is 168 Å². The van der Waals surface area contributed by atoms with Crippen molar-refractivity contribution < 1.29 is 108 Å².